The van der Waals surface area contributed by atoms with Gasteiger partial charge in [-0.3, -0.25) is 0 Å². The van der Waals surface area contributed by atoms with Crippen LogP contribution < -0.4 is 0 Å². The minimum absolute atomic E-state index is 0.259. The van der Waals surface area contributed by atoms with E-state index < -0.39 is 19.7 Å². The molecule has 3 nitrogen and oxygen atoms in total. The standard InChI is InChI=1S/C16H33NO2SSi/c1-15(2,3)20(18)17-13-9-11-14(12-10-13)19-21(7,8)16(4,5)6/h14H,9-12H2,1-8H3. The zero-order chi connectivity index (χ0) is 16.5. The Hall–Kier alpha value is 0.157. The molecule has 0 saturated heterocycles. The van der Waals surface area contributed by atoms with Crippen molar-refractivity contribution < 1.29 is 8.98 Å². The van der Waals surface area contributed by atoms with Crippen molar-refractivity contribution in [3.05, 3.63) is 0 Å². The fourth-order valence-electron chi connectivity index (χ4n) is 1.98. The summed E-state index contributed by atoms with van der Waals surface area (Å²) in [4.78, 5) is 0. The summed E-state index contributed by atoms with van der Waals surface area (Å²) in [6.45, 7) is 17.4. The Labute approximate surface area is 135 Å². The van der Waals surface area contributed by atoms with E-state index in [9.17, 15) is 4.55 Å². The van der Waals surface area contributed by atoms with E-state index in [0.717, 1.165) is 31.4 Å². The van der Waals surface area contributed by atoms with Gasteiger partial charge in [0, 0.05) is 6.10 Å². The van der Waals surface area contributed by atoms with Crippen molar-refractivity contribution in [2.24, 2.45) is 4.40 Å². The monoisotopic (exact) mass is 331 g/mol. The van der Waals surface area contributed by atoms with Crippen LogP contribution >= 0.6 is 0 Å². The summed E-state index contributed by atoms with van der Waals surface area (Å²) in [5, 5.41) is 0.259. The molecular formula is C16H33NO2SSi. The molecule has 1 rings (SSSR count). The molecule has 0 radical (unpaired) electrons. The van der Waals surface area contributed by atoms with Gasteiger partial charge in [-0.25, -0.2) is 0 Å². The lowest BCUT2D eigenvalue weighted by Gasteiger charge is -2.40. The molecule has 21 heavy (non-hydrogen) atoms. The molecule has 0 aliphatic heterocycles. The fraction of sp³-hybridized carbons (Fsp3) is 0.938. The molecule has 0 heterocycles. The SMILES string of the molecule is CC(C)(C)[S+]([O-])N=C1CCC(O[Si](C)(C)C(C)(C)C)CC1. The average molecular weight is 332 g/mol. The Morgan fingerprint density at radius 2 is 1.57 bits per heavy atom. The average Bonchev–Trinajstić information content (AvgIpc) is 2.28. The van der Waals surface area contributed by atoms with E-state index in [0.29, 0.717) is 6.10 Å². The second-order valence-electron chi connectivity index (χ2n) is 8.60. The first-order valence-corrected chi connectivity index (χ1v) is 12.0. The summed E-state index contributed by atoms with van der Waals surface area (Å²) in [5.41, 5.74) is 1.11. The Bertz CT molecular complexity index is 373. The lowest BCUT2D eigenvalue weighted by Crippen LogP contribution is -2.44. The topological polar surface area (TPSA) is 44.7 Å². The van der Waals surface area contributed by atoms with Crippen LogP contribution in [0.2, 0.25) is 18.1 Å². The van der Waals surface area contributed by atoms with Gasteiger partial charge in [0.15, 0.2) is 8.32 Å². The fourth-order valence-corrected chi connectivity index (χ4v) is 4.09. The van der Waals surface area contributed by atoms with Crippen LogP contribution in [-0.4, -0.2) is 29.4 Å². The molecule has 1 unspecified atom stereocenters. The molecule has 0 aromatic heterocycles. The summed E-state index contributed by atoms with van der Waals surface area (Å²) < 4.78 is 22.7. The molecule has 1 aliphatic carbocycles. The van der Waals surface area contributed by atoms with Crippen LogP contribution in [0, 0.1) is 0 Å². The largest absolute Gasteiger partial charge is 0.591 e. The van der Waals surface area contributed by atoms with Crippen molar-refractivity contribution in [3.63, 3.8) is 0 Å². The summed E-state index contributed by atoms with van der Waals surface area (Å²) in [7, 11) is -1.68. The third kappa shape index (κ3) is 5.70. The van der Waals surface area contributed by atoms with Gasteiger partial charge in [0.1, 0.15) is 16.1 Å². The van der Waals surface area contributed by atoms with Crippen LogP contribution in [0.15, 0.2) is 4.40 Å². The normalized spacial score (nSPS) is 23.1. The molecule has 0 aromatic carbocycles. The Balaban J connectivity index is 2.55. The third-order valence-corrected chi connectivity index (χ3v) is 10.5. The number of rotatable bonds is 3. The predicted molar refractivity (Wildman–Crippen MR) is 95.9 cm³/mol. The first kappa shape index (κ1) is 19.2. The van der Waals surface area contributed by atoms with Crippen molar-refractivity contribution in [3.8, 4) is 0 Å². The maximum atomic E-state index is 12.1. The van der Waals surface area contributed by atoms with Gasteiger partial charge in [-0.2, -0.15) is 0 Å². The van der Waals surface area contributed by atoms with Gasteiger partial charge < -0.3 is 8.98 Å². The molecule has 1 aliphatic rings. The molecule has 0 bridgehead atoms. The summed E-state index contributed by atoms with van der Waals surface area (Å²) in [5.74, 6) is 0. The minimum atomic E-state index is -1.68. The van der Waals surface area contributed by atoms with Crippen LogP contribution in [0.25, 0.3) is 0 Å². The van der Waals surface area contributed by atoms with Crippen molar-refractivity contribution >= 4 is 25.4 Å². The summed E-state index contributed by atoms with van der Waals surface area (Å²) in [6, 6.07) is 0. The van der Waals surface area contributed by atoms with Gasteiger partial charge in [0.05, 0.1) is 5.71 Å². The number of hydrogen-bond acceptors (Lipinski definition) is 3. The minimum Gasteiger partial charge on any atom is -0.591 e. The van der Waals surface area contributed by atoms with Crippen LogP contribution in [-0.2, 0) is 15.8 Å². The molecule has 0 aromatic rings. The molecule has 0 amide bonds. The quantitative estimate of drug-likeness (QED) is 0.548. The molecule has 5 heteroatoms. The van der Waals surface area contributed by atoms with E-state index in [4.69, 9.17) is 4.43 Å². The highest BCUT2D eigenvalue weighted by Crippen LogP contribution is 2.39. The third-order valence-electron chi connectivity index (χ3n) is 4.51. The van der Waals surface area contributed by atoms with Gasteiger partial charge in [-0.1, -0.05) is 25.2 Å². The van der Waals surface area contributed by atoms with E-state index in [1.807, 2.05) is 20.8 Å². The first-order chi connectivity index (χ1) is 9.33. The maximum absolute atomic E-state index is 12.1. The molecule has 1 atom stereocenters. The highest BCUT2D eigenvalue weighted by atomic mass is 32.2. The lowest BCUT2D eigenvalue weighted by atomic mass is 9.96. The van der Waals surface area contributed by atoms with E-state index >= 15 is 0 Å². The molecule has 0 spiro atoms. The number of nitrogens with zero attached hydrogens (tertiary/aromatic N) is 1. The van der Waals surface area contributed by atoms with Crippen LogP contribution in [0.3, 0.4) is 0 Å². The van der Waals surface area contributed by atoms with Crippen LogP contribution in [0.5, 0.6) is 0 Å². The predicted octanol–water partition coefficient (Wildman–Crippen LogP) is 4.85. The van der Waals surface area contributed by atoms with Gasteiger partial charge in [0.2, 0.25) is 0 Å². The van der Waals surface area contributed by atoms with E-state index in [1.165, 1.54) is 0 Å². The smallest absolute Gasteiger partial charge is 0.192 e. The Morgan fingerprint density at radius 1 is 1.10 bits per heavy atom. The van der Waals surface area contributed by atoms with Crippen molar-refractivity contribution in [2.45, 2.75) is 96.2 Å². The van der Waals surface area contributed by atoms with Gasteiger partial charge in [-0.05, 0) is 64.6 Å². The number of hydrogen-bond donors (Lipinski definition) is 0. The van der Waals surface area contributed by atoms with Gasteiger partial charge in [-0.15, -0.1) is 0 Å². The second kappa shape index (κ2) is 6.73. The van der Waals surface area contributed by atoms with Gasteiger partial charge in [0.25, 0.3) is 0 Å². The molecule has 0 N–H and O–H groups in total. The lowest BCUT2D eigenvalue weighted by molar-refractivity contribution is 0.159. The van der Waals surface area contributed by atoms with Crippen LogP contribution in [0.1, 0.15) is 67.2 Å². The zero-order valence-electron chi connectivity index (χ0n) is 15.1. The highest BCUT2D eigenvalue weighted by molar-refractivity contribution is 7.91. The van der Waals surface area contributed by atoms with Crippen molar-refractivity contribution in [1.82, 2.24) is 0 Å². The molecule has 124 valence electrons. The highest BCUT2D eigenvalue weighted by Gasteiger charge is 2.39. The molecule has 1 saturated carbocycles. The first-order valence-electron chi connectivity index (χ1n) is 7.99. The van der Waals surface area contributed by atoms with Crippen molar-refractivity contribution in [1.29, 1.82) is 0 Å². The Kier molecular flexibility index (Phi) is 6.15. The van der Waals surface area contributed by atoms with Gasteiger partial charge >= 0.3 is 0 Å². The second-order valence-corrected chi connectivity index (χ2v) is 15.3. The van der Waals surface area contributed by atoms with E-state index in [1.54, 1.807) is 0 Å². The Morgan fingerprint density at radius 3 is 1.95 bits per heavy atom. The molecular weight excluding hydrogens is 298 g/mol. The summed E-state index contributed by atoms with van der Waals surface area (Å²) >= 11 is -1.12. The van der Waals surface area contributed by atoms with E-state index in [2.05, 4.69) is 38.3 Å². The van der Waals surface area contributed by atoms with E-state index in [-0.39, 0.29) is 9.79 Å². The van der Waals surface area contributed by atoms with Crippen LogP contribution in [0.4, 0.5) is 0 Å². The van der Waals surface area contributed by atoms with Crippen molar-refractivity contribution in [2.75, 3.05) is 0 Å². The molecule has 1 fully saturated rings. The summed E-state index contributed by atoms with van der Waals surface area (Å²) in [6.07, 6.45) is 4.26. The maximum Gasteiger partial charge on any atom is 0.192 e. The zero-order valence-corrected chi connectivity index (χ0v) is 16.9.